The summed E-state index contributed by atoms with van der Waals surface area (Å²) in [4.78, 5) is 0. The summed E-state index contributed by atoms with van der Waals surface area (Å²) in [7, 11) is 0. The van der Waals surface area contributed by atoms with Crippen molar-refractivity contribution in [3.05, 3.63) is 0 Å². The van der Waals surface area contributed by atoms with E-state index in [1.54, 1.807) is 0 Å². The monoisotopic (exact) mass is 250 g/mol. The molecule has 18 heavy (non-hydrogen) atoms. The van der Waals surface area contributed by atoms with Crippen LogP contribution in [0, 0.1) is 5.92 Å². The van der Waals surface area contributed by atoms with Crippen molar-refractivity contribution in [2.75, 3.05) is 0 Å². The zero-order valence-electron chi connectivity index (χ0n) is 10.9. The SMILES string of the molecule is O[C@@]12CC[C@]13OC1(CCCCC1)O[C@@]31CC[C@@H]1C2. The Kier molecular flexibility index (Phi) is 1.66. The van der Waals surface area contributed by atoms with E-state index in [-0.39, 0.29) is 17.0 Å². The normalized spacial score (nSPS) is 59.5. The highest BCUT2D eigenvalue weighted by molar-refractivity contribution is 5.34. The van der Waals surface area contributed by atoms with E-state index in [0.29, 0.717) is 5.92 Å². The minimum Gasteiger partial charge on any atom is -0.387 e. The van der Waals surface area contributed by atoms with Crippen molar-refractivity contribution in [1.82, 2.24) is 0 Å². The Morgan fingerprint density at radius 2 is 1.72 bits per heavy atom. The topological polar surface area (TPSA) is 38.7 Å². The maximum absolute atomic E-state index is 10.9. The molecule has 4 atom stereocenters. The van der Waals surface area contributed by atoms with Gasteiger partial charge < -0.3 is 14.6 Å². The quantitative estimate of drug-likeness (QED) is 0.718. The summed E-state index contributed by atoms with van der Waals surface area (Å²) in [6, 6.07) is 0. The van der Waals surface area contributed by atoms with Crippen molar-refractivity contribution in [3.8, 4) is 0 Å². The van der Waals surface area contributed by atoms with Gasteiger partial charge in [0.25, 0.3) is 0 Å². The van der Waals surface area contributed by atoms with Crippen LogP contribution >= 0.6 is 0 Å². The molecule has 5 aliphatic rings. The first-order chi connectivity index (χ1) is 8.64. The summed E-state index contributed by atoms with van der Waals surface area (Å²) >= 11 is 0. The second-order valence-corrected chi connectivity index (χ2v) is 7.36. The van der Waals surface area contributed by atoms with Crippen molar-refractivity contribution in [1.29, 1.82) is 0 Å². The summed E-state index contributed by atoms with van der Waals surface area (Å²) in [6.07, 6.45) is 11.0. The molecule has 0 radical (unpaired) electrons. The molecule has 1 aliphatic heterocycles. The van der Waals surface area contributed by atoms with Gasteiger partial charge in [-0.05, 0) is 50.9 Å². The molecule has 5 fully saturated rings. The van der Waals surface area contributed by atoms with Gasteiger partial charge >= 0.3 is 0 Å². The molecule has 4 saturated carbocycles. The molecule has 5 rings (SSSR count). The van der Waals surface area contributed by atoms with E-state index in [0.717, 1.165) is 38.5 Å². The van der Waals surface area contributed by atoms with Crippen LogP contribution in [0.2, 0.25) is 0 Å². The van der Waals surface area contributed by atoms with Gasteiger partial charge in [0.05, 0.1) is 5.60 Å². The minimum absolute atomic E-state index is 0.0999. The average Bonchev–Trinajstić information content (AvgIpc) is 2.73. The number of rotatable bonds is 0. The molecule has 0 bridgehead atoms. The second-order valence-electron chi connectivity index (χ2n) is 7.36. The van der Waals surface area contributed by atoms with Gasteiger partial charge in [0, 0.05) is 12.8 Å². The fourth-order valence-corrected chi connectivity index (χ4v) is 5.74. The number of hydrogen-bond donors (Lipinski definition) is 1. The zero-order chi connectivity index (χ0) is 12.1. The van der Waals surface area contributed by atoms with Crippen molar-refractivity contribution in [2.45, 2.75) is 86.8 Å². The first-order valence-corrected chi connectivity index (χ1v) is 7.77. The Labute approximate surface area is 108 Å². The molecule has 100 valence electrons. The van der Waals surface area contributed by atoms with Gasteiger partial charge in [0.1, 0.15) is 11.2 Å². The summed E-state index contributed by atoms with van der Waals surface area (Å²) in [5.41, 5.74) is -0.979. The van der Waals surface area contributed by atoms with Crippen molar-refractivity contribution in [3.63, 3.8) is 0 Å². The Morgan fingerprint density at radius 3 is 2.28 bits per heavy atom. The molecule has 0 aromatic heterocycles. The van der Waals surface area contributed by atoms with Gasteiger partial charge in [0.15, 0.2) is 5.79 Å². The highest BCUT2D eigenvalue weighted by Crippen LogP contribution is 2.76. The third kappa shape index (κ3) is 0.862. The summed E-state index contributed by atoms with van der Waals surface area (Å²) in [5, 5.41) is 10.9. The lowest BCUT2D eigenvalue weighted by atomic mass is 9.58. The zero-order valence-corrected chi connectivity index (χ0v) is 10.9. The predicted octanol–water partition coefficient (Wildman–Crippen LogP) is 2.51. The van der Waals surface area contributed by atoms with Crippen LogP contribution in [0.15, 0.2) is 0 Å². The fraction of sp³-hybridized carbons (Fsp3) is 1.00. The highest BCUT2D eigenvalue weighted by atomic mass is 16.8. The van der Waals surface area contributed by atoms with Crippen LogP contribution < -0.4 is 0 Å². The van der Waals surface area contributed by atoms with E-state index < -0.39 is 5.60 Å². The molecule has 0 aromatic rings. The lowest BCUT2D eigenvalue weighted by Crippen LogP contribution is -2.69. The molecular formula is C15H22O3. The van der Waals surface area contributed by atoms with Gasteiger partial charge in [0.2, 0.25) is 0 Å². The fourth-order valence-electron chi connectivity index (χ4n) is 5.74. The molecule has 0 aromatic carbocycles. The smallest absolute Gasteiger partial charge is 0.170 e. The maximum Gasteiger partial charge on any atom is 0.170 e. The average molecular weight is 250 g/mol. The first kappa shape index (κ1) is 10.6. The molecule has 1 N–H and O–H groups in total. The van der Waals surface area contributed by atoms with Crippen LogP contribution in [0.1, 0.15) is 64.2 Å². The van der Waals surface area contributed by atoms with E-state index in [2.05, 4.69) is 0 Å². The van der Waals surface area contributed by atoms with Crippen molar-refractivity contribution < 1.29 is 14.6 Å². The van der Waals surface area contributed by atoms with E-state index in [1.807, 2.05) is 0 Å². The van der Waals surface area contributed by atoms with Gasteiger partial charge in [-0.15, -0.1) is 0 Å². The van der Waals surface area contributed by atoms with Crippen LogP contribution in [-0.2, 0) is 9.47 Å². The molecule has 1 heterocycles. The van der Waals surface area contributed by atoms with Gasteiger partial charge in [-0.25, -0.2) is 0 Å². The Hall–Kier alpha value is -0.120. The molecule has 4 aliphatic carbocycles. The third-order valence-corrected chi connectivity index (χ3v) is 6.78. The number of aliphatic hydroxyl groups is 1. The largest absolute Gasteiger partial charge is 0.387 e. The first-order valence-electron chi connectivity index (χ1n) is 7.77. The standard InChI is InChI=1S/C15H22O3/c16-12-8-9-15(12)14(7-4-11(14)10-12)17-13(18-15)5-2-1-3-6-13/h11,16H,1-10H2/t11-,12-,14-,15+/m1/s1. The lowest BCUT2D eigenvalue weighted by Gasteiger charge is -2.56. The van der Waals surface area contributed by atoms with Gasteiger partial charge in [-0.3, -0.25) is 0 Å². The van der Waals surface area contributed by atoms with Crippen LogP contribution in [-0.4, -0.2) is 27.7 Å². The molecule has 0 amide bonds. The van der Waals surface area contributed by atoms with E-state index in [9.17, 15) is 5.11 Å². The van der Waals surface area contributed by atoms with Gasteiger partial charge in [-0.1, -0.05) is 6.42 Å². The van der Waals surface area contributed by atoms with Gasteiger partial charge in [-0.2, -0.15) is 0 Å². The Bertz CT molecular complexity index is 416. The van der Waals surface area contributed by atoms with Crippen molar-refractivity contribution in [2.24, 2.45) is 5.92 Å². The Balaban J connectivity index is 1.59. The van der Waals surface area contributed by atoms with Crippen LogP contribution in [0.5, 0.6) is 0 Å². The molecule has 3 heteroatoms. The number of hydrogen-bond acceptors (Lipinski definition) is 3. The molecular weight excluding hydrogens is 228 g/mol. The number of ether oxygens (including phenoxy) is 2. The van der Waals surface area contributed by atoms with E-state index in [4.69, 9.17) is 9.47 Å². The maximum atomic E-state index is 10.9. The Morgan fingerprint density at radius 1 is 0.889 bits per heavy atom. The molecule has 3 nitrogen and oxygen atoms in total. The van der Waals surface area contributed by atoms with E-state index >= 15 is 0 Å². The molecule has 3 spiro atoms. The van der Waals surface area contributed by atoms with E-state index in [1.165, 1.54) is 25.7 Å². The molecule has 1 saturated heterocycles. The van der Waals surface area contributed by atoms with Crippen molar-refractivity contribution >= 4 is 0 Å². The summed E-state index contributed by atoms with van der Waals surface area (Å²) < 4.78 is 13.2. The lowest BCUT2D eigenvalue weighted by molar-refractivity contribution is -0.275. The highest BCUT2D eigenvalue weighted by Gasteiger charge is 2.85. The summed E-state index contributed by atoms with van der Waals surface area (Å²) in [6.45, 7) is 0. The third-order valence-electron chi connectivity index (χ3n) is 6.78. The minimum atomic E-state index is -0.560. The predicted molar refractivity (Wildman–Crippen MR) is 65.0 cm³/mol. The van der Waals surface area contributed by atoms with Crippen LogP contribution in [0.3, 0.4) is 0 Å². The second kappa shape index (κ2) is 2.82. The van der Waals surface area contributed by atoms with Crippen LogP contribution in [0.4, 0.5) is 0 Å². The summed E-state index contributed by atoms with van der Waals surface area (Å²) in [5.74, 6) is 0.234. The van der Waals surface area contributed by atoms with Crippen LogP contribution in [0.25, 0.3) is 0 Å². The molecule has 0 unspecified atom stereocenters.